The van der Waals surface area contributed by atoms with Crippen LogP contribution in [0.5, 0.6) is 5.75 Å². The van der Waals surface area contributed by atoms with E-state index in [4.69, 9.17) is 0 Å². The van der Waals surface area contributed by atoms with E-state index in [1.165, 1.54) is 44.2 Å². The number of rotatable bonds is 4. The van der Waals surface area contributed by atoms with Crippen molar-refractivity contribution in [3.63, 3.8) is 0 Å². The normalized spacial score (nSPS) is 18.8. The molecule has 1 aromatic rings. The van der Waals surface area contributed by atoms with Gasteiger partial charge in [0.25, 0.3) is 0 Å². The first-order valence-corrected chi connectivity index (χ1v) is 7.06. The van der Waals surface area contributed by atoms with Crippen LogP contribution in [0.2, 0.25) is 0 Å². The summed E-state index contributed by atoms with van der Waals surface area (Å²) in [7, 11) is 0. The van der Waals surface area contributed by atoms with Gasteiger partial charge in [0.15, 0.2) is 0 Å². The predicted molar refractivity (Wildman–Crippen MR) is 71.5 cm³/mol. The molecule has 5 heteroatoms. The number of halogens is 3. The maximum absolute atomic E-state index is 12.1. The lowest BCUT2D eigenvalue weighted by atomic mass is 9.94. The van der Waals surface area contributed by atoms with Crippen LogP contribution in [0.25, 0.3) is 0 Å². The molecule has 1 aliphatic carbocycles. The van der Waals surface area contributed by atoms with E-state index in [1.54, 1.807) is 12.1 Å². The highest BCUT2D eigenvalue weighted by Crippen LogP contribution is 2.25. The molecule has 0 aliphatic heterocycles. The van der Waals surface area contributed by atoms with Gasteiger partial charge in [-0.25, -0.2) is 0 Å². The standard InChI is InChI=1S/C15H20F3NO/c1-11(19-13-5-3-2-4-6-13)12-7-9-14(10-8-12)20-15(16,17)18/h7-11,13,19H,2-6H2,1H3. The van der Waals surface area contributed by atoms with Crippen molar-refractivity contribution in [2.75, 3.05) is 0 Å². The Kier molecular flexibility index (Phi) is 4.91. The fraction of sp³-hybridized carbons (Fsp3) is 0.600. The van der Waals surface area contributed by atoms with E-state index in [2.05, 4.69) is 10.1 Å². The maximum atomic E-state index is 12.1. The van der Waals surface area contributed by atoms with Crippen molar-refractivity contribution in [1.29, 1.82) is 0 Å². The molecule has 1 saturated carbocycles. The van der Waals surface area contributed by atoms with Crippen LogP contribution in [0.15, 0.2) is 24.3 Å². The third-order valence-electron chi connectivity index (χ3n) is 3.70. The summed E-state index contributed by atoms with van der Waals surface area (Å²) in [5.74, 6) is -0.175. The van der Waals surface area contributed by atoms with Gasteiger partial charge < -0.3 is 10.1 Å². The second-order valence-corrected chi connectivity index (χ2v) is 5.34. The summed E-state index contributed by atoms with van der Waals surface area (Å²) in [6.45, 7) is 2.04. The number of nitrogens with one attached hydrogen (secondary N) is 1. The van der Waals surface area contributed by atoms with Crippen LogP contribution in [0.3, 0.4) is 0 Å². The Bertz CT molecular complexity index is 410. The van der Waals surface area contributed by atoms with Crippen LogP contribution >= 0.6 is 0 Å². The van der Waals surface area contributed by atoms with Crippen molar-refractivity contribution < 1.29 is 17.9 Å². The molecule has 1 aliphatic rings. The summed E-state index contributed by atoms with van der Waals surface area (Å²) >= 11 is 0. The van der Waals surface area contributed by atoms with Gasteiger partial charge in [0, 0.05) is 12.1 Å². The number of ether oxygens (including phenoxy) is 1. The average Bonchev–Trinajstić information content (AvgIpc) is 2.39. The number of hydrogen-bond donors (Lipinski definition) is 1. The van der Waals surface area contributed by atoms with Crippen molar-refractivity contribution in [2.24, 2.45) is 0 Å². The zero-order valence-corrected chi connectivity index (χ0v) is 11.5. The molecule has 1 N–H and O–H groups in total. The SMILES string of the molecule is CC(NC1CCCCC1)c1ccc(OC(F)(F)F)cc1. The first-order chi connectivity index (χ1) is 9.44. The fourth-order valence-corrected chi connectivity index (χ4v) is 2.68. The topological polar surface area (TPSA) is 21.3 Å². The van der Waals surface area contributed by atoms with Gasteiger partial charge in [-0.3, -0.25) is 0 Å². The molecule has 1 unspecified atom stereocenters. The third-order valence-corrected chi connectivity index (χ3v) is 3.70. The number of hydrogen-bond acceptors (Lipinski definition) is 2. The molecule has 0 amide bonds. The van der Waals surface area contributed by atoms with E-state index >= 15 is 0 Å². The highest BCUT2D eigenvalue weighted by Gasteiger charge is 2.31. The Morgan fingerprint density at radius 1 is 1.10 bits per heavy atom. The summed E-state index contributed by atoms with van der Waals surface area (Å²) in [6.07, 6.45) is 1.54. The molecule has 112 valence electrons. The molecular formula is C15H20F3NO. The first kappa shape index (κ1) is 15.2. The van der Waals surface area contributed by atoms with E-state index in [0.717, 1.165) is 5.56 Å². The summed E-state index contributed by atoms with van der Waals surface area (Å²) < 4.78 is 40.1. The van der Waals surface area contributed by atoms with Crippen molar-refractivity contribution in [2.45, 2.75) is 57.5 Å². The van der Waals surface area contributed by atoms with Crippen molar-refractivity contribution >= 4 is 0 Å². The lowest BCUT2D eigenvalue weighted by Crippen LogP contribution is -2.33. The zero-order chi connectivity index (χ0) is 14.6. The van der Waals surface area contributed by atoms with E-state index < -0.39 is 6.36 Å². The van der Waals surface area contributed by atoms with Crippen molar-refractivity contribution in [3.05, 3.63) is 29.8 Å². The second-order valence-electron chi connectivity index (χ2n) is 5.34. The molecule has 0 aromatic heterocycles. The highest BCUT2D eigenvalue weighted by atomic mass is 19.4. The second kappa shape index (κ2) is 6.48. The Hall–Kier alpha value is -1.23. The third kappa shape index (κ3) is 4.71. The van der Waals surface area contributed by atoms with E-state index in [9.17, 15) is 13.2 Å². The van der Waals surface area contributed by atoms with Crippen LogP contribution in [-0.2, 0) is 0 Å². The van der Waals surface area contributed by atoms with Crippen LogP contribution in [0.1, 0.15) is 50.6 Å². The van der Waals surface area contributed by atoms with Gasteiger partial charge in [-0.1, -0.05) is 31.4 Å². The Morgan fingerprint density at radius 2 is 1.70 bits per heavy atom. The molecule has 0 radical (unpaired) electrons. The highest BCUT2D eigenvalue weighted by molar-refractivity contribution is 5.29. The largest absolute Gasteiger partial charge is 0.573 e. The molecule has 0 heterocycles. The zero-order valence-electron chi connectivity index (χ0n) is 11.5. The molecule has 1 fully saturated rings. The minimum Gasteiger partial charge on any atom is -0.406 e. The van der Waals surface area contributed by atoms with Crippen LogP contribution in [0, 0.1) is 0 Å². The smallest absolute Gasteiger partial charge is 0.406 e. The maximum Gasteiger partial charge on any atom is 0.573 e. The minimum absolute atomic E-state index is 0.137. The predicted octanol–water partition coefficient (Wildman–Crippen LogP) is 4.57. The Balaban J connectivity index is 1.91. The fourth-order valence-electron chi connectivity index (χ4n) is 2.68. The van der Waals surface area contributed by atoms with Gasteiger partial charge in [0.2, 0.25) is 0 Å². The molecule has 2 rings (SSSR count). The summed E-state index contributed by atoms with van der Waals surface area (Å²) in [6, 6.07) is 6.75. The molecule has 20 heavy (non-hydrogen) atoms. The van der Waals surface area contributed by atoms with Crippen LogP contribution < -0.4 is 10.1 Å². The summed E-state index contributed by atoms with van der Waals surface area (Å²) in [5.41, 5.74) is 0.977. The van der Waals surface area contributed by atoms with Gasteiger partial charge in [0.1, 0.15) is 5.75 Å². The van der Waals surface area contributed by atoms with Crippen LogP contribution in [0.4, 0.5) is 13.2 Å². The molecule has 2 nitrogen and oxygen atoms in total. The molecule has 0 bridgehead atoms. The molecule has 1 atom stereocenters. The van der Waals surface area contributed by atoms with Crippen molar-refractivity contribution in [1.82, 2.24) is 5.32 Å². The van der Waals surface area contributed by atoms with Gasteiger partial charge in [0.05, 0.1) is 0 Å². The van der Waals surface area contributed by atoms with E-state index in [-0.39, 0.29) is 11.8 Å². The lowest BCUT2D eigenvalue weighted by Gasteiger charge is -2.27. The molecule has 1 aromatic carbocycles. The monoisotopic (exact) mass is 287 g/mol. The molecular weight excluding hydrogens is 267 g/mol. The van der Waals surface area contributed by atoms with Gasteiger partial charge in [-0.15, -0.1) is 13.2 Å². The van der Waals surface area contributed by atoms with Crippen molar-refractivity contribution in [3.8, 4) is 5.75 Å². The van der Waals surface area contributed by atoms with Crippen LogP contribution in [-0.4, -0.2) is 12.4 Å². The lowest BCUT2D eigenvalue weighted by molar-refractivity contribution is -0.274. The average molecular weight is 287 g/mol. The quantitative estimate of drug-likeness (QED) is 0.876. The summed E-state index contributed by atoms with van der Waals surface area (Å²) in [4.78, 5) is 0. The van der Waals surface area contributed by atoms with Gasteiger partial charge in [-0.2, -0.15) is 0 Å². The van der Waals surface area contributed by atoms with E-state index in [0.29, 0.717) is 6.04 Å². The first-order valence-electron chi connectivity index (χ1n) is 7.06. The Labute approximate surface area is 117 Å². The number of alkyl halides is 3. The summed E-state index contributed by atoms with van der Waals surface area (Å²) in [5, 5.41) is 3.54. The number of benzene rings is 1. The van der Waals surface area contributed by atoms with Gasteiger partial charge in [-0.05, 0) is 37.5 Å². The van der Waals surface area contributed by atoms with E-state index in [1.807, 2.05) is 6.92 Å². The molecule has 0 spiro atoms. The molecule has 0 saturated heterocycles. The van der Waals surface area contributed by atoms with Gasteiger partial charge >= 0.3 is 6.36 Å². The Morgan fingerprint density at radius 3 is 2.25 bits per heavy atom. The minimum atomic E-state index is -4.63.